The van der Waals surface area contributed by atoms with Crippen LogP contribution in [0.5, 0.6) is 0 Å². The molecule has 2 N–H and O–H groups in total. The first kappa shape index (κ1) is 25.7. The van der Waals surface area contributed by atoms with Crippen LogP contribution in [0, 0.1) is 0 Å². The third kappa shape index (κ3) is 8.60. The predicted octanol–water partition coefficient (Wildman–Crippen LogP) is 3.62. The number of benzene rings is 2. The molecule has 0 saturated carbocycles. The summed E-state index contributed by atoms with van der Waals surface area (Å²) in [6, 6.07) is 19.9. The average Bonchev–Trinajstić information content (AvgIpc) is 2.70. The van der Waals surface area contributed by atoms with Gasteiger partial charge in [-0.25, -0.2) is 0 Å². The minimum atomic E-state index is -4.43. The van der Waals surface area contributed by atoms with Crippen LogP contribution in [0.2, 0.25) is 0 Å². The highest BCUT2D eigenvalue weighted by Gasteiger charge is 2.31. The maximum absolute atomic E-state index is 12.4. The average molecular weight is 534 g/mol. The maximum Gasteiger partial charge on any atom is 0.406 e. The van der Waals surface area contributed by atoms with Gasteiger partial charge in [-0.15, -0.1) is 24.0 Å². The van der Waals surface area contributed by atoms with Crippen LogP contribution >= 0.6 is 24.0 Å². The predicted molar refractivity (Wildman–Crippen MR) is 123 cm³/mol. The summed E-state index contributed by atoms with van der Waals surface area (Å²) >= 11 is 0. The van der Waals surface area contributed by atoms with E-state index in [1.807, 2.05) is 60.7 Å². The number of likely N-dealkylation sites (N-methyl/N-ethyl adjacent to an activating group) is 1. The number of carbonyl (C=O) groups is 1. The molecular weight excluding hydrogens is 508 g/mol. The fourth-order valence-corrected chi connectivity index (χ4v) is 2.87. The number of alkyl halides is 3. The third-order valence-corrected chi connectivity index (χ3v) is 4.35. The van der Waals surface area contributed by atoms with E-state index in [4.69, 9.17) is 0 Å². The molecule has 0 spiro atoms. The minimum Gasteiger partial charge on any atom is -0.355 e. The highest BCUT2D eigenvalue weighted by Crippen LogP contribution is 2.23. The van der Waals surface area contributed by atoms with Crippen LogP contribution in [0.15, 0.2) is 65.7 Å². The summed E-state index contributed by atoms with van der Waals surface area (Å²) < 4.78 is 37.2. The van der Waals surface area contributed by atoms with Crippen molar-refractivity contribution in [3.63, 3.8) is 0 Å². The van der Waals surface area contributed by atoms with Gasteiger partial charge in [-0.05, 0) is 11.1 Å². The van der Waals surface area contributed by atoms with Gasteiger partial charge in [-0.1, -0.05) is 60.7 Å². The standard InChI is InChI=1S/C21H25F3N4O.HI/c1-25-20(27-14-19(29)28(2)15-21(22,23)24)26-13-18(16-9-5-3-6-10-16)17-11-7-4-8-12-17;/h3-12,18H,13-15H2,1-2H3,(H2,25,26,27);1H. The van der Waals surface area contributed by atoms with E-state index in [0.717, 1.165) is 18.2 Å². The fourth-order valence-electron chi connectivity index (χ4n) is 2.87. The molecule has 0 heterocycles. The number of nitrogens with zero attached hydrogens (tertiary/aromatic N) is 2. The highest BCUT2D eigenvalue weighted by molar-refractivity contribution is 14.0. The second kappa shape index (κ2) is 12.4. The van der Waals surface area contributed by atoms with Crippen molar-refractivity contribution in [1.29, 1.82) is 0 Å². The Labute approximate surface area is 191 Å². The summed E-state index contributed by atoms with van der Waals surface area (Å²) in [5.41, 5.74) is 2.23. The number of halogens is 4. The number of hydrogen-bond acceptors (Lipinski definition) is 2. The largest absolute Gasteiger partial charge is 0.406 e. The van der Waals surface area contributed by atoms with Gasteiger partial charge in [0.2, 0.25) is 5.91 Å². The van der Waals surface area contributed by atoms with Gasteiger partial charge in [0.05, 0.1) is 6.54 Å². The van der Waals surface area contributed by atoms with Crippen molar-refractivity contribution in [2.24, 2.45) is 4.99 Å². The quantitative estimate of drug-likeness (QED) is 0.324. The minimum absolute atomic E-state index is 0. The van der Waals surface area contributed by atoms with Gasteiger partial charge in [0.15, 0.2) is 5.96 Å². The summed E-state index contributed by atoms with van der Waals surface area (Å²) in [5, 5.41) is 5.93. The Hall–Kier alpha value is -2.30. The zero-order valence-electron chi connectivity index (χ0n) is 16.8. The SMILES string of the molecule is CN=C(NCC(=O)N(C)CC(F)(F)F)NCC(c1ccccc1)c1ccccc1.I. The van der Waals surface area contributed by atoms with Gasteiger partial charge in [0, 0.05) is 26.6 Å². The van der Waals surface area contributed by atoms with E-state index in [2.05, 4.69) is 15.6 Å². The molecule has 0 aliphatic heterocycles. The van der Waals surface area contributed by atoms with E-state index in [1.54, 1.807) is 7.05 Å². The summed E-state index contributed by atoms with van der Waals surface area (Å²) in [5.74, 6) is -0.289. The molecule has 0 atom stereocenters. The number of nitrogens with one attached hydrogen (secondary N) is 2. The third-order valence-electron chi connectivity index (χ3n) is 4.35. The molecule has 30 heavy (non-hydrogen) atoms. The molecule has 164 valence electrons. The van der Waals surface area contributed by atoms with E-state index in [9.17, 15) is 18.0 Å². The van der Waals surface area contributed by atoms with E-state index < -0.39 is 18.6 Å². The normalized spacial score (nSPS) is 11.6. The molecule has 0 saturated heterocycles. The Balaban J connectivity index is 0.00000450. The molecule has 2 rings (SSSR count). The lowest BCUT2D eigenvalue weighted by Crippen LogP contribution is -2.46. The van der Waals surface area contributed by atoms with Gasteiger partial charge in [-0.2, -0.15) is 13.2 Å². The lowest BCUT2D eigenvalue weighted by molar-refractivity contribution is -0.157. The van der Waals surface area contributed by atoms with Crippen molar-refractivity contribution >= 4 is 35.8 Å². The molecule has 0 unspecified atom stereocenters. The van der Waals surface area contributed by atoms with E-state index >= 15 is 0 Å². The molecule has 0 aliphatic rings. The fraction of sp³-hybridized carbons (Fsp3) is 0.333. The number of aliphatic imine (C=N–C) groups is 1. The number of hydrogen-bond donors (Lipinski definition) is 2. The molecule has 0 radical (unpaired) electrons. The molecule has 9 heteroatoms. The topological polar surface area (TPSA) is 56.7 Å². The van der Waals surface area contributed by atoms with Crippen molar-refractivity contribution in [3.05, 3.63) is 71.8 Å². The van der Waals surface area contributed by atoms with Crippen LogP contribution in [0.25, 0.3) is 0 Å². The van der Waals surface area contributed by atoms with Crippen molar-refractivity contribution in [3.8, 4) is 0 Å². The number of amides is 1. The number of rotatable bonds is 7. The molecule has 1 amide bonds. The number of carbonyl (C=O) groups excluding carboxylic acids is 1. The monoisotopic (exact) mass is 534 g/mol. The lowest BCUT2D eigenvalue weighted by atomic mass is 9.91. The first-order valence-electron chi connectivity index (χ1n) is 9.15. The van der Waals surface area contributed by atoms with Gasteiger partial charge < -0.3 is 15.5 Å². The van der Waals surface area contributed by atoms with Crippen LogP contribution in [-0.4, -0.2) is 56.7 Å². The molecule has 0 fully saturated rings. The molecule has 0 bridgehead atoms. The van der Waals surface area contributed by atoms with Crippen LogP contribution in [0.1, 0.15) is 17.0 Å². The van der Waals surface area contributed by atoms with Gasteiger partial charge in [-0.3, -0.25) is 9.79 Å². The Morgan fingerprint density at radius 3 is 1.93 bits per heavy atom. The number of guanidine groups is 1. The Morgan fingerprint density at radius 2 is 1.50 bits per heavy atom. The van der Waals surface area contributed by atoms with E-state index in [1.165, 1.54) is 0 Å². The smallest absolute Gasteiger partial charge is 0.355 e. The van der Waals surface area contributed by atoms with Crippen molar-refractivity contribution in [1.82, 2.24) is 15.5 Å². The van der Waals surface area contributed by atoms with Gasteiger partial charge in [0.1, 0.15) is 6.54 Å². The van der Waals surface area contributed by atoms with Gasteiger partial charge in [0.25, 0.3) is 0 Å². The second-order valence-electron chi connectivity index (χ2n) is 6.55. The van der Waals surface area contributed by atoms with E-state index in [0.29, 0.717) is 17.4 Å². The van der Waals surface area contributed by atoms with Crippen LogP contribution in [0.4, 0.5) is 13.2 Å². The Bertz CT molecular complexity index is 761. The van der Waals surface area contributed by atoms with Crippen LogP contribution in [-0.2, 0) is 4.79 Å². The summed E-state index contributed by atoms with van der Waals surface area (Å²) in [4.78, 5) is 16.6. The lowest BCUT2D eigenvalue weighted by Gasteiger charge is -2.22. The zero-order valence-corrected chi connectivity index (χ0v) is 19.1. The Kier molecular flexibility index (Phi) is 10.6. The van der Waals surface area contributed by atoms with Gasteiger partial charge >= 0.3 is 6.18 Å². The van der Waals surface area contributed by atoms with Crippen LogP contribution in [0.3, 0.4) is 0 Å². The highest BCUT2D eigenvalue weighted by atomic mass is 127. The first-order chi connectivity index (χ1) is 13.8. The molecular formula is C21H26F3IN4O. The van der Waals surface area contributed by atoms with E-state index in [-0.39, 0.29) is 36.4 Å². The second-order valence-corrected chi connectivity index (χ2v) is 6.55. The molecule has 0 aliphatic carbocycles. The molecule has 2 aromatic rings. The maximum atomic E-state index is 12.4. The summed E-state index contributed by atoms with van der Waals surface area (Å²) in [6.07, 6.45) is -4.43. The molecule has 0 aromatic heterocycles. The summed E-state index contributed by atoms with van der Waals surface area (Å²) in [6.45, 7) is -1.07. The molecule has 2 aromatic carbocycles. The zero-order chi connectivity index (χ0) is 21.3. The summed E-state index contributed by atoms with van der Waals surface area (Å²) in [7, 11) is 2.66. The Morgan fingerprint density at radius 1 is 1.00 bits per heavy atom. The van der Waals surface area contributed by atoms with Crippen LogP contribution < -0.4 is 10.6 Å². The van der Waals surface area contributed by atoms with Crippen molar-refractivity contribution in [2.45, 2.75) is 12.1 Å². The van der Waals surface area contributed by atoms with Crippen molar-refractivity contribution in [2.75, 3.05) is 33.7 Å². The molecule has 5 nitrogen and oxygen atoms in total. The first-order valence-corrected chi connectivity index (χ1v) is 9.15. The van der Waals surface area contributed by atoms with Crippen molar-refractivity contribution < 1.29 is 18.0 Å².